The summed E-state index contributed by atoms with van der Waals surface area (Å²) >= 11 is 0. The Kier molecular flexibility index (Phi) is 5.75. The Hall–Kier alpha value is -3.61. The molecule has 2 heterocycles. The number of hydrogen-bond donors (Lipinski definition) is 1. The number of para-hydroxylation sites is 1. The number of hydrogen-bond acceptors (Lipinski definition) is 3. The third-order valence-corrected chi connectivity index (χ3v) is 5.88. The maximum absolute atomic E-state index is 13.1. The second-order valence-corrected chi connectivity index (χ2v) is 7.83. The van der Waals surface area contributed by atoms with Gasteiger partial charge in [0.1, 0.15) is 11.7 Å². The van der Waals surface area contributed by atoms with Crippen LogP contribution in [0.1, 0.15) is 24.1 Å². The van der Waals surface area contributed by atoms with Gasteiger partial charge in [-0.1, -0.05) is 48.5 Å². The van der Waals surface area contributed by atoms with Crippen LogP contribution in [0.4, 0.5) is 5.69 Å². The van der Waals surface area contributed by atoms with Gasteiger partial charge in [0.05, 0.1) is 17.8 Å². The topological polar surface area (TPSA) is 76.3 Å². The number of nitrogens with zero attached hydrogens (tertiary/aromatic N) is 3. The summed E-state index contributed by atoms with van der Waals surface area (Å²) in [6, 6.07) is 18.2. The molecule has 2 aromatic carbocycles. The molecule has 0 aliphatic carbocycles. The number of carbonyl (C=O) groups is 2. The van der Waals surface area contributed by atoms with E-state index in [-0.39, 0.29) is 29.5 Å². The molecular formula is C24H26N4O3. The molecule has 31 heavy (non-hydrogen) atoms. The standard InChI is InChI=1S/C24H26N4O3/c1-17-22(24(31)28(26(17)2)19-12-7-4-8-13-19)25-23(30)20-14-9-15-27(20)21(29)16-18-10-5-3-6-11-18/h3-8,10-13,20H,9,14-16H2,1-2H3,(H,25,30). The Balaban J connectivity index is 1.54. The molecule has 1 unspecified atom stereocenters. The van der Waals surface area contributed by atoms with Crippen LogP contribution in [0.2, 0.25) is 0 Å². The number of amides is 2. The van der Waals surface area contributed by atoms with Gasteiger partial charge in [0.25, 0.3) is 5.56 Å². The molecule has 1 aliphatic rings. The van der Waals surface area contributed by atoms with Crippen molar-refractivity contribution in [2.45, 2.75) is 32.2 Å². The predicted molar refractivity (Wildman–Crippen MR) is 119 cm³/mol. The van der Waals surface area contributed by atoms with Crippen LogP contribution < -0.4 is 10.9 Å². The van der Waals surface area contributed by atoms with E-state index < -0.39 is 6.04 Å². The zero-order chi connectivity index (χ0) is 22.0. The van der Waals surface area contributed by atoms with E-state index in [9.17, 15) is 14.4 Å². The summed E-state index contributed by atoms with van der Waals surface area (Å²) in [5.74, 6) is -0.389. The normalized spacial score (nSPS) is 15.8. The minimum Gasteiger partial charge on any atom is -0.330 e. The fourth-order valence-electron chi connectivity index (χ4n) is 4.13. The lowest BCUT2D eigenvalue weighted by atomic mass is 10.1. The fourth-order valence-corrected chi connectivity index (χ4v) is 4.13. The van der Waals surface area contributed by atoms with Crippen LogP contribution in [0.15, 0.2) is 65.5 Å². The number of benzene rings is 2. The van der Waals surface area contributed by atoms with E-state index in [1.165, 1.54) is 4.68 Å². The number of anilines is 1. The molecule has 1 atom stereocenters. The minimum atomic E-state index is -0.569. The van der Waals surface area contributed by atoms with Gasteiger partial charge in [-0.25, -0.2) is 4.68 Å². The van der Waals surface area contributed by atoms with Gasteiger partial charge in [-0.3, -0.25) is 19.1 Å². The van der Waals surface area contributed by atoms with Crippen LogP contribution >= 0.6 is 0 Å². The Labute approximate surface area is 180 Å². The van der Waals surface area contributed by atoms with E-state index in [2.05, 4.69) is 5.32 Å². The summed E-state index contributed by atoms with van der Waals surface area (Å²) in [6.45, 7) is 2.34. The van der Waals surface area contributed by atoms with E-state index in [0.29, 0.717) is 18.7 Å². The third kappa shape index (κ3) is 4.03. The molecule has 7 heteroatoms. The Morgan fingerprint density at radius 3 is 2.35 bits per heavy atom. The highest BCUT2D eigenvalue weighted by Gasteiger charge is 2.34. The van der Waals surface area contributed by atoms with E-state index in [1.54, 1.807) is 23.6 Å². The first-order valence-corrected chi connectivity index (χ1v) is 10.5. The van der Waals surface area contributed by atoms with E-state index in [1.807, 2.05) is 60.7 Å². The van der Waals surface area contributed by atoms with E-state index >= 15 is 0 Å². The molecule has 0 spiro atoms. The lowest BCUT2D eigenvalue weighted by molar-refractivity contribution is -0.136. The molecule has 1 N–H and O–H groups in total. The Bertz CT molecular complexity index is 1150. The zero-order valence-electron chi connectivity index (χ0n) is 17.7. The Morgan fingerprint density at radius 1 is 1.03 bits per heavy atom. The van der Waals surface area contributed by atoms with Crippen molar-refractivity contribution in [3.05, 3.63) is 82.3 Å². The Morgan fingerprint density at radius 2 is 1.68 bits per heavy atom. The maximum atomic E-state index is 13.1. The van der Waals surface area contributed by atoms with Crippen LogP contribution in [0.3, 0.4) is 0 Å². The number of likely N-dealkylation sites (tertiary alicyclic amines) is 1. The number of aromatic nitrogens is 2. The van der Waals surface area contributed by atoms with Crippen LogP contribution in [-0.4, -0.2) is 38.7 Å². The van der Waals surface area contributed by atoms with Gasteiger partial charge in [0.2, 0.25) is 11.8 Å². The van der Waals surface area contributed by atoms with Crippen molar-refractivity contribution in [2.75, 3.05) is 11.9 Å². The van der Waals surface area contributed by atoms with Gasteiger partial charge < -0.3 is 10.2 Å². The van der Waals surface area contributed by atoms with Crippen molar-refractivity contribution < 1.29 is 9.59 Å². The summed E-state index contributed by atoms with van der Waals surface area (Å²) in [5, 5.41) is 2.81. The second kappa shape index (κ2) is 8.63. The van der Waals surface area contributed by atoms with Crippen molar-refractivity contribution in [1.29, 1.82) is 0 Å². The first-order chi connectivity index (χ1) is 15.0. The zero-order valence-corrected chi connectivity index (χ0v) is 17.7. The molecule has 0 saturated carbocycles. The van der Waals surface area contributed by atoms with Crippen molar-refractivity contribution in [2.24, 2.45) is 7.05 Å². The first kappa shape index (κ1) is 20.7. The highest BCUT2D eigenvalue weighted by Crippen LogP contribution is 2.21. The summed E-state index contributed by atoms with van der Waals surface area (Å²) in [5.41, 5.74) is 2.25. The second-order valence-electron chi connectivity index (χ2n) is 7.83. The summed E-state index contributed by atoms with van der Waals surface area (Å²) in [7, 11) is 1.78. The molecule has 7 nitrogen and oxygen atoms in total. The molecule has 1 aliphatic heterocycles. The lowest BCUT2D eigenvalue weighted by Gasteiger charge is -2.24. The summed E-state index contributed by atoms with van der Waals surface area (Å²) in [4.78, 5) is 40.6. The maximum Gasteiger partial charge on any atom is 0.295 e. The van der Waals surface area contributed by atoms with Crippen LogP contribution in [0, 0.1) is 6.92 Å². The molecule has 4 rings (SSSR count). The predicted octanol–water partition coefficient (Wildman–Crippen LogP) is 2.66. The minimum absolute atomic E-state index is 0.0738. The van der Waals surface area contributed by atoms with Crippen molar-refractivity contribution in [1.82, 2.24) is 14.3 Å². The van der Waals surface area contributed by atoms with Crippen molar-refractivity contribution >= 4 is 17.5 Å². The quantitative estimate of drug-likeness (QED) is 0.692. The molecule has 160 valence electrons. The van der Waals surface area contributed by atoms with Crippen LogP contribution in [0.25, 0.3) is 5.69 Å². The smallest absolute Gasteiger partial charge is 0.295 e. The molecule has 0 radical (unpaired) electrons. The van der Waals surface area contributed by atoms with E-state index in [0.717, 1.165) is 17.7 Å². The average molecular weight is 418 g/mol. The largest absolute Gasteiger partial charge is 0.330 e. The number of rotatable bonds is 5. The van der Waals surface area contributed by atoms with E-state index in [4.69, 9.17) is 0 Å². The summed E-state index contributed by atoms with van der Waals surface area (Å²) < 4.78 is 3.25. The molecule has 2 amide bonds. The first-order valence-electron chi connectivity index (χ1n) is 10.5. The SMILES string of the molecule is Cc1c(NC(=O)C2CCCN2C(=O)Cc2ccccc2)c(=O)n(-c2ccccc2)n1C. The third-order valence-electron chi connectivity index (χ3n) is 5.88. The molecule has 3 aromatic rings. The van der Waals surface area contributed by atoms with Crippen molar-refractivity contribution in [3.63, 3.8) is 0 Å². The van der Waals surface area contributed by atoms with Gasteiger partial charge >= 0.3 is 0 Å². The number of carbonyl (C=O) groups excluding carboxylic acids is 2. The lowest BCUT2D eigenvalue weighted by Crippen LogP contribution is -2.44. The molecule has 1 saturated heterocycles. The van der Waals surface area contributed by atoms with Gasteiger partial charge in [-0.15, -0.1) is 0 Å². The van der Waals surface area contributed by atoms with Crippen LogP contribution in [-0.2, 0) is 23.1 Å². The van der Waals surface area contributed by atoms with Gasteiger partial charge in [-0.2, -0.15) is 0 Å². The highest BCUT2D eigenvalue weighted by atomic mass is 16.2. The fraction of sp³-hybridized carbons (Fsp3) is 0.292. The van der Waals surface area contributed by atoms with Crippen LogP contribution in [0.5, 0.6) is 0 Å². The average Bonchev–Trinajstić information content (AvgIpc) is 3.35. The van der Waals surface area contributed by atoms with Crippen molar-refractivity contribution in [3.8, 4) is 5.69 Å². The molecule has 1 aromatic heterocycles. The molecule has 0 bridgehead atoms. The highest BCUT2D eigenvalue weighted by molar-refractivity contribution is 5.98. The van der Waals surface area contributed by atoms with Gasteiger partial charge in [0.15, 0.2) is 0 Å². The molecular weight excluding hydrogens is 392 g/mol. The van der Waals surface area contributed by atoms with Gasteiger partial charge in [0, 0.05) is 13.6 Å². The molecule has 1 fully saturated rings. The van der Waals surface area contributed by atoms with Gasteiger partial charge in [-0.05, 0) is 37.5 Å². The number of nitrogens with one attached hydrogen (secondary N) is 1. The summed E-state index contributed by atoms with van der Waals surface area (Å²) in [6.07, 6.45) is 1.61. The monoisotopic (exact) mass is 418 g/mol.